The van der Waals surface area contributed by atoms with Gasteiger partial charge < -0.3 is 21.1 Å². The molecule has 6 heteroatoms. The molecule has 3 rings (SSSR count). The largest absolute Gasteiger partial charge is 0.333 e. The molecule has 4 N–H and O–H groups in total. The highest BCUT2D eigenvalue weighted by Crippen LogP contribution is 2.24. The Morgan fingerprint density at radius 2 is 1.08 bits per heavy atom. The predicted molar refractivity (Wildman–Crippen MR) is 299 cm³/mol. The van der Waals surface area contributed by atoms with E-state index in [-0.39, 0.29) is 12.1 Å². The van der Waals surface area contributed by atoms with E-state index < -0.39 is 5.78 Å². The molecule has 0 bridgehead atoms. The lowest BCUT2D eigenvalue weighted by Gasteiger charge is -2.20. The average molecular weight is 916 g/mol. The summed E-state index contributed by atoms with van der Waals surface area (Å²) in [6, 6.07) is 14.8. The van der Waals surface area contributed by atoms with E-state index in [2.05, 4.69) is 151 Å². The number of allylic oxidation sites excluding steroid dienone is 2. The maximum absolute atomic E-state index is 10.3. The number of hydrogen-bond acceptors (Lipinski definition) is 6. The van der Waals surface area contributed by atoms with Crippen molar-refractivity contribution in [3.05, 3.63) is 85.5 Å². The van der Waals surface area contributed by atoms with Gasteiger partial charge in [-0.05, 0) is 107 Å². The first-order chi connectivity index (χ1) is 30.8. The topological polar surface area (TPSA) is 120 Å². The van der Waals surface area contributed by atoms with Crippen LogP contribution < -0.4 is 11.5 Å². The quantitative estimate of drug-likeness (QED) is 0.0843. The molecule has 65 heavy (non-hydrogen) atoms. The maximum atomic E-state index is 10.3. The third-order valence-electron chi connectivity index (χ3n) is 8.63. The van der Waals surface area contributed by atoms with E-state index in [1.54, 1.807) is 6.92 Å². The molecule has 384 valence electrons. The summed E-state index contributed by atoms with van der Waals surface area (Å²) in [6.45, 7) is 51.6. The van der Waals surface area contributed by atoms with Gasteiger partial charge in [0.25, 0.3) is 0 Å². The van der Waals surface area contributed by atoms with Crippen LogP contribution in [0, 0.1) is 30.6 Å². The number of benzene rings is 2. The Hall–Kier alpha value is -3.48. The molecule has 0 heterocycles. The summed E-state index contributed by atoms with van der Waals surface area (Å²) in [5, 5.41) is 2.68. The van der Waals surface area contributed by atoms with E-state index in [0.29, 0.717) is 5.92 Å². The molecule has 2 aromatic rings. The van der Waals surface area contributed by atoms with Crippen LogP contribution in [0.2, 0.25) is 0 Å². The van der Waals surface area contributed by atoms with Crippen molar-refractivity contribution in [2.45, 2.75) is 220 Å². The highest BCUT2D eigenvalue weighted by atomic mass is 16.2. The number of Topliss-reactive ketones (excluding diaryl/α,β-unsaturated/α-hetero) is 2. The van der Waals surface area contributed by atoms with Gasteiger partial charge >= 0.3 is 0 Å². The van der Waals surface area contributed by atoms with Crippen LogP contribution in [-0.4, -0.2) is 38.2 Å². The van der Waals surface area contributed by atoms with Gasteiger partial charge in [0.1, 0.15) is 12.6 Å². The summed E-state index contributed by atoms with van der Waals surface area (Å²) in [7, 11) is 1.50. The van der Waals surface area contributed by atoms with E-state index in [1.807, 2.05) is 34.5 Å². The number of hydrogen-bond donors (Lipinski definition) is 2. The fraction of sp³-hybridized carbons (Fsp3) is 0.661. The highest BCUT2D eigenvalue weighted by Gasteiger charge is 2.12. The third kappa shape index (κ3) is 84.5. The molecule has 1 saturated carbocycles. The Bertz CT molecular complexity index is 1230. The van der Waals surface area contributed by atoms with Crippen LogP contribution in [0.3, 0.4) is 0 Å². The molecule has 1 fully saturated rings. The lowest BCUT2D eigenvalue weighted by molar-refractivity contribution is -0.128. The van der Waals surface area contributed by atoms with Crippen molar-refractivity contribution >= 4 is 35.4 Å². The molecular formula is C59H114N2O4. The van der Waals surface area contributed by atoms with E-state index >= 15 is 0 Å². The predicted octanol–water partition coefficient (Wildman–Crippen LogP) is 17.7. The van der Waals surface area contributed by atoms with Crippen molar-refractivity contribution in [1.29, 1.82) is 0 Å². The van der Waals surface area contributed by atoms with E-state index in [4.69, 9.17) is 15.3 Å². The number of nitrogens with two attached hydrogens (primary N) is 2. The fourth-order valence-electron chi connectivity index (χ4n) is 5.61. The minimum Gasteiger partial charge on any atom is -0.333 e. The Labute approximate surface area is 407 Å². The zero-order chi connectivity index (χ0) is 53.0. The van der Waals surface area contributed by atoms with Crippen LogP contribution in [0.1, 0.15) is 219 Å². The highest BCUT2D eigenvalue weighted by molar-refractivity contribution is 6.23. The lowest BCUT2D eigenvalue weighted by Crippen LogP contribution is -2.09. The monoisotopic (exact) mass is 915 g/mol. The number of aryl methyl sites for hydroxylation is 1. The van der Waals surface area contributed by atoms with Gasteiger partial charge in [0.15, 0.2) is 12.1 Å². The van der Waals surface area contributed by atoms with Crippen molar-refractivity contribution in [3.63, 3.8) is 0 Å². The van der Waals surface area contributed by atoms with Crippen LogP contribution in [-0.2, 0) is 19.2 Å². The van der Waals surface area contributed by atoms with Gasteiger partial charge in [-0.3, -0.25) is 9.59 Å². The van der Waals surface area contributed by atoms with Gasteiger partial charge in [-0.25, -0.2) is 0 Å². The summed E-state index contributed by atoms with van der Waals surface area (Å²) in [5.41, 5.74) is 13.8. The normalized spacial score (nSPS) is 10.4. The van der Waals surface area contributed by atoms with Crippen LogP contribution in [0.15, 0.2) is 79.9 Å². The molecule has 1 atom stereocenters. The van der Waals surface area contributed by atoms with Crippen LogP contribution in [0.4, 0.5) is 0 Å². The van der Waals surface area contributed by atoms with Gasteiger partial charge in [-0.2, -0.15) is 0 Å². The molecule has 2 aromatic carbocycles. The van der Waals surface area contributed by atoms with E-state index in [9.17, 15) is 9.59 Å². The second kappa shape index (κ2) is 72.1. The molecule has 0 aromatic heterocycles. The van der Waals surface area contributed by atoms with Crippen LogP contribution in [0.25, 0.3) is 10.8 Å². The molecule has 0 radical (unpaired) electrons. The zero-order valence-corrected chi connectivity index (χ0v) is 46.8. The summed E-state index contributed by atoms with van der Waals surface area (Å²) < 4.78 is 0. The van der Waals surface area contributed by atoms with Crippen LogP contribution in [0.5, 0.6) is 0 Å². The maximum Gasteiger partial charge on any atom is 0.192 e. The second-order valence-electron chi connectivity index (χ2n) is 16.9. The Morgan fingerprint density at radius 1 is 0.677 bits per heavy atom. The number of carbonyl (C=O) groups is 4. The number of unbranched alkanes of at least 4 members (excludes halogenated alkanes) is 3. The van der Waals surface area contributed by atoms with Gasteiger partial charge in [0, 0.05) is 13.3 Å². The molecule has 0 aliphatic heterocycles. The van der Waals surface area contributed by atoms with Crippen molar-refractivity contribution < 1.29 is 19.2 Å². The first-order valence-corrected chi connectivity index (χ1v) is 25.1. The zero-order valence-electron chi connectivity index (χ0n) is 46.8. The van der Waals surface area contributed by atoms with Gasteiger partial charge in [0.2, 0.25) is 0 Å². The number of carbonyl (C=O) groups excluding carboxylic acids is 4. The van der Waals surface area contributed by atoms with Crippen molar-refractivity contribution in [1.82, 2.24) is 0 Å². The number of aldehydes is 1. The van der Waals surface area contributed by atoms with Gasteiger partial charge in [-0.1, -0.05) is 214 Å². The summed E-state index contributed by atoms with van der Waals surface area (Å²) in [5.74, 6) is 2.67. The molecular weight excluding hydrogens is 801 g/mol. The minimum atomic E-state index is -0.426. The van der Waals surface area contributed by atoms with Crippen molar-refractivity contribution in [2.24, 2.45) is 35.1 Å². The summed E-state index contributed by atoms with van der Waals surface area (Å²) in [4.78, 5) is 36.9. The van der Waals surface area contributed by atoms with Crippen molar-refractivity contribution in [2.75, 3.05) is 13.6 Å². The van der Waals surface area contributed by atoms with E-state index in [1.165, 1.54) is 131 Å². The first kappa shape index (κ1) is 81.7. The van der Waals surface area contributed by atoms with Gasteiger partial charge in [-0.15, -0.1) is 19.7 Å². The molecule has 0 amide bonds. The minimum absolute atomic E-state index is 0.278. The van der Waals surface area contributed by atoms with E-state index in [0.717, 1.165) is 37.1 Å². The Morgan fingerprint density at radius 3 is 1.32 bits per heavy atom. The SMILES string of the molecule is C1CCCCC1.C=C.C=C(C)C(CCCC)C(C)C.C=C(C)CCCCC.C=O.CC.CC(=O)C=O.CC(=O)CC(C)C.CC(C)CCN.CCC.CN.Cc1cccc2ccccc12. The Kier molecular flexibility index (Phi) is 90.6. The van der Waals surface area contributed by atoms with Crippen LogP contribution >= 0.6 is 0 Å². The summed E-state index contributed by atoms with van der Waals surface area (Å²) >= 11 is 0. The molecule has 1 aliphatic rings. The standard InChI is InChI=1S/C11H10.C11H22.C8H16.C6H12O.C6H12.C5H13N.C3H4O2.C3H8.C2H6.C2H4.CH5N.CH2O/c1-9-5-4-7-10-6-2-3-8-11(9)10;1-6-7-8-11(9(2)3)10(4)5;1-4-5-6-7-8(2)3;1-5(2)4-6(3)7;1-2-4-6-5-3-1;1-5(2)3-4-6;1-3(5)2-4;1-3-2;4*1-2/h2-8H,1H3;10-11H,2,6-8H2,1,3-5H3;2,4-7H2,1,3H3;5H,4H2,1-3H3;1-6H2;5H,3-4,6H2,1-2H3;2H,1H3;3H2,1-2H3;1-2H3;1-2H2;2H2,1H3;1H2. The molecule has 0 spiro atoms. The first-order valence-electron chi connectivity index (χ1n) is 25.1. The smallest absolute Gasteiger partial charge is 0.192 e. The molecule has 0 saturated heterocycles. The fourth-order valence-corrected chi connectivity index (χ4v) is 5.61. The summed E-state index contributed by atoms with van der Waals surface area (Å²) in [6.07, 6.45) is 21.6. The second-order valence-corrected chi connectivity index (χ2v) is 16.9. The number of rotatable bonds is 14. The number of ketones is 2. The Balaban J connectivity index is -0.0000000786. The molecule has 1 aliphatic carbocycles. The lowest BCUT2D eigenvalue weighted by atomic mass is 9.86. The van der Waals surface area contributed by atoms with Gasteiger partial charge in [0.05, 0.1) is 0 Å². The number of fused-ring (bicyclic) bond motifs is 1. The molecule has 6 nitrogen and oxygen atoms in total. The third-order valence-corrected chi connectivity index (χ3v) is 8.63. The molecule has 1 unspecified atom stereocenters. The average Bonchev–Trinajstić information content (AvgIpc) is 3.28. The van der Waals surface area contributed by atoms with Crippen molar-refractivity contribution in [3.8, 4) is 0 Å².